The molecule has 2 aromatic carbocycles. The minimum atomic E-state index is -1.18. The van der Waals surface area contributed by atoms with E-state index in [2.05, 4.69) is 9.97 Å². The van der Waals surface area contributed by atoms with Gasteiger partial charge in [0.05, 0.1) is 28.5 Å². The molecular weight excluding hydrogens is 272 g/mol. The molecule has 0 aliphatic rings. The third-order valence-corrected chi connectivity index (χ3v) is 3.24. The molecule has 3 aromatic rings. The number of nitrogens with one attached hydrogen (secondary N) is 1. The van der Waals surface area contributed by atoms with E-state index in [1.165, 1.54) is 24.5 Å². The smallest absolute Gasteiger partial charge is 0.336 e. The summed E-state index contributed by atoms with van der Waals surface area (Å²) in [5.41, 5.74) is 1.76. The number of fused-ring (bicyclic) bond motifs is 1. The molecule has 0 atom stereocenters. The van der Waals surface area contributed by atoms with E-state index in [9.17, 15) is 19.8 Å². The Kier molecular flexibility index (Phi) is 2.91. The summed E-state index contributed by atoms with van der Waals surface area (Å²) in [6.07, 6.45) is 1.48. The molecule has 0 saturated heterocycles. The number of benzene rings is 2. The fourth-order valence-electron chi connectivity index (χ4n) is 2.37. The lowest BCUT2D eigenvalue weighted by molar-refractivity contribution is 0.0696. The molecule has 1 aromatic heterocycles. The molecule has 3 N–H and O–H groups in total. The highest BCUT2D eigenvalue weighted by Gasteiger charge is 2.21. The van der Waals surface area contributed by atoms with Crippen LogP contribution in [-0.2, 0) is 0 Å². The van der Waals surface area contributed by atoms with Crippen LogP contribution in [0.15, 0.2) is 42.7 Å². The van der Waals surface area contributed by atoms with E-state index < -0.39 is 11.9 Å². The van der Waals surface area contributed by atoms with E-state index >= 15 is 0 Å². The second-order valence-corrected chi connectivity index (χ2v) is 4.44. The van der Waals surface area contributed by atoms with Crippen LogP contribution in [0.2, 0.25) is 0 Å². The number of H-pyrrole nitrogens is 1. The van der Waals surface area contributed by atoms with Crippen molar-refractivity contribution in [2.24, 2.45) is 0 Å². The SMILES string of the molecule is O=C(O)c1cccc(C(=O)O)c1-c1cccc2[nH]cnc12. The molecular formula is C15H10N2O4. The highest BCUT2D eigenvalue weighted by molar-refractivity contribution is 6.08. The number of carbonyl (C=O) groups is 2. The Morgan fingerprint density at radius 1 is 0.952 bits per heavy atom. The van der Waals surface area contributed by atoms with Crippen LogP contribution in [0, 0.1) is 0 Å². The zero-order chi connectivity index (χ0) is 15.0. The second-order valence-electron chi connectivity index (χ2n) is 4.44. The number of aromatic amines is 1. The van der Waals surface area contributed by atoms with Crippen LogP contribution in [0.4, 0.5) is 0 Å². The number of carboxylic acids is 2. The number of aromatic carboxylic acids is 2. The third-order valence-electron chi connectivity index (χ3n) is 3.24. The molecule has 0 unspecified atom stereocenters. The zero-order valence-electron chi connectivity index (χ0n) is 10.7. The van der Waals surface area contributed by atoms with Gasteiger partial charge in [-0.15, -0.1) is 0 Å². The van der Waals surface area contributed by atoms with Crippen LogP contribution in [0.3, 0.4) is 0 Å². The summed E-state index contributed by atoms with van der Waals surface area (Å²) < 4.78 is 0. The molecule has 0 aliphatic carbocycles. The highest BCUT2D eigenvalue weighted by Crippen LogP contribution is 2.32. The van der Waals surface area contributed by atoms with Crippen molar-refractivity contribution in [1.82, 2.24) is 9.97 Å². The maximum Gasteiger partial charge on any atom is 0.336 e. The van der Waals surface area contributed by atoms with Crippen LogP contribution in [0.5, 0.6) is 0 Å². The fraction of sp³-hybridized carbons (Fsp3) is 0. The van der Waals surface area contributed by atoms with Crippen molar-refractivity contribution in [2.75, 3.05) is 0 Å². The zero-order valence-corrected chi connectivity index (χ0v) is 10.7. The second kappa shape index (κ2) is 4.75. The van der Waals surface area contributed by atoms with E-state index in [-0.39, 0.29) is 16.7 Å². The van der Waals surface area contributed by atoms with Gasteiger partial charge in [0.1, 0.15) is 0 Å². The molecule has 6 heteroatoms. The maximum absolute atomic E-state index is 11.4. The van der Waals surface area contributed by atoms with Gasteiger partial charge in [-0.1, -0.05) is 18.2 Å². The van der Waals surface area contributed by atoms with Crippen LogP contribution in [0.1, 0.15) is 20.7 Å². The average Bonchev–Trinajstić information content (AvgIpc) is 2.94. The van der Waals surface area contributed by atoms with Crippen LogP contribution in [0.25, 0.3) is 22.2 Å². The molecule has 21 heavy (non-hydrogen) atoms. The summed E-state index contributed by atoms with van der Waals surface area (Å²) >= 11 is 0. The van der Waals surface area contributed by atoms with E-state index in [0.29, 0.717) is 16.6 Å². The average molecular weight is 282 g/mol. The number of rotatable bonds is 3. The molecule has 0 spiro atoms. The summed E-state index contributed by atoms with van der Waals surface area (Å²) in [5.74, 6) is -2.36. The molecule has 0 fully saturated rings. The minimum absolute atomic E-state index is 0.0644. The Morgan fingerprint density at radius 2 is 1.57 bits per heavy atom. The third kappa shape index (κ3) is 2.02. The van der Waals surface area contributed by atoms with Gasteiger partial charge in [-0.05, 0) is 18.2 Å². The molecule has 0 saturated carbocycles. The Hall–Kier alpha value is -3.15. The Bertz CT molecular complexity index is 835. The monoisotopic (exact) mass is 282 g/mol. The molecule has 0 bridgehead atoms. The number of aromatic nitrogens is 2. The van der Waals surface area contributed by atoms with Gasteiger partial charge in [0.15, 0.2) is 0 Å². The number of hydrogen-bond acceptors (Lipinski definition) is 3. The Morgan fingerprint density at radius 3 is 2.19 bits per heavy atom. The van der Waals surface area contributed by atoms with Crippen molar-refractivity contribution in [1.29, 1.82) is 0 Å². The molecule has 6 nitrogen and oxygen atoms in total. The molecule has 0 amide bonds. The first kappa shape index (κ1) is 12.9. The van der Waals surface area contributed by atoms with Crippen LogP contribution in [-0.4, -0.2) is 32.1 Å². The van der Waals surface area contributed by atoms with Crippen molar-refractivity contribution in [2.45, 2.75) is 0 Å². The molecule has 1 heterocycles. The summed E-state index contributed by atoms with van der Waals surface area (Å²) in [5, 5.41) is 18.7. The van der Waals surface area contributed by atoms with Gasteiger partial charge in [-0.25, -0.2) is 14.6 Å². The normalized spacial score (nSPS) is 10.7. The van der Waals surface area contributed by atoms with Crippen molar-refractivity contribution >= 4 is 23.0 Å². The van der Waals surface area contributed by atoms with E-state index in [1.54, 1.807) is 18.2 Å². The first-order valence-corrected chi connectivity index (χ1v) is 6.11. The van der Waals surface area contributed by atoms with Crippen molar-refractivity contribution in [3.63, 3.8) is 0 Å². The number of para-hydroxylation sites is 1. The molecule has 0 radical (unpaired) electrons. The summed E-state index contributed by atoms with van der Waals surface area (Å²) in [4.78, 5) is 29.9. The molecule has 3 rings (SSSR count). The molecule has 104 valence electrons. The van der Waals surface area contributed by atoms with Crippen LogP contribution < -0.4 is 0 Å². The molecule has 0 aliphatic heterocycles. The lowest BCUT2D eigenvalue weighted by Gasteiger charge is -2.10. The van der Waals surface area contributed by atoms with Gasteiger partial charge in [0.2, 0.25) is 0 Å². The highest BCUT2D eigenvalue weighted by atomic mass is 16.4. The topological polar surface area (TPSA) is 103 Å². The van der Waals surface area contributed by atoms with Gasteiger partial charge in [-0.2, -0.15) is 0 Å². The Balaban J connectivity index is 2.43. The number of hydrogen-bond donors (Lipinski definition) is 3. The van der Waals surface area contributed by atoms with Gasteiger partial charge in [0, 0.05) is 11.1 Å². The van der Waals surface area contributed by atoms with Crippen LogP contribution >= 0.6 is 0 Å². The lowest BCUT2D eigenvalue weighted by atomic mass is 9.93. The number of imidazole rings is 1. The van der Waals surface area contributed by atoms with Crippen molar-refractivity contribution in [3.8, 4) is 11.1 Å². The number of carboxylic acid groups (broad SMARTS) is 2. The first-order valence-electron chi connectivity index (χ1n) is 6.11. The Labute approximate surface area is 118 Å². The van der Waals surface area contributed by atoms with Gasteiger partial charge < -0.3 is 15.2 Å². The summed E-state index contributed by atoms with van der Waals surface area (Å²) in [6.45, 7) is 0. The van der Waals surface area contributed by atoms with Crippen molar-refractivity contribution in [3.05, 3.63) is 53.9 Å². The van der Waals surface area contributed by atoms with Crippen molar-refractivity contribution < 1.29 is 19.8 Å². The summed E-state index contributed by atoms with van der Waals surface area (Å²) in [6, 6.07) is 9.36. The predicted molar refractivity (Wildman–Crippen MR) is 75.4 cm³/mol. The lowest BCUT2D eigenvalue weighted by Crippen LogP contribution is -2.07. The number of nitrogens with zero attached hydrogens (tertiary/aromatic N) is 1. The van der Waals surface area contributed by atoms with Gasteiger partial charge in [0.25, 0.3) is 0 Å². The quantitative estimate of drug-likeness (QED) is 0.685. The minimum Gasteiger partial charge on any atom is -0.478 e. The first-order chi connectivity index (χ1) is 10.1. The fourth-order valence-corrected chi connectivity index (χ4v) is 2.37. The van der Waals surface area contributed by atoms with E-state index in [4.69, 9.17) is 0 Å². The standard InChI is InChI=1S/C15H10N2O4/c18-14(19)9-4-1-5-10(15(20)21)12(9)8-3-2-6-11-13(8)17-7-16-11/h1-7H,(H,16,17)(H,18,19)(H,20,21). The van der Waals surface area contributed by atoms with Gasteiger partial charge >= 0.3 is 11.9 Å². The maximum atomic E-state index is 11.4. The van der Waals surface area contributed by atoms with E-state index in [1.807, 2.05) is 0 Å². The largest absolute Gasteiger partial charge is 0.478 e. The van der Waals surface area contributed by atoms with E-state index in [0.717, 1.165) is 0 Å². The summed E-state index contributed by atoms with van der Waals surface area (Å²) in [7, 11) is 0. The van der Waals surface area contributed by atoms with Gasteiger partial charge in [-0.3, -0.25) is 0 Å². The predicted octanol–water partition coefficient (Wildman–Crippen LogP) is 2.63.